The third-order valence-electron chi connectivity index (χ3n) is 2.95. The van der Waals surface area contributed by atoms with Gasteiger partial charge in [0.25, 0.3) is 0 Å². The fourth-order valence-corrected chi connectivity index (χ4v) is 1.95. The van der Waals surface area contributed by atoms with Gasteiger partial charge in [-0.05, 0) is 35.4 Å². The lowest BCUT2D eigenvalue weighted by molar-refractivity contribution is -0.115. The summed E-state index contributed by atoms with van der Waals surface area (Å²) in [5.74, 6) is -0.107. The van der Waals surface area contributed by atoms with Crippen LogP contribution in [0.25, 0.3) is 0 Å². The highest BCUT2D eigenvalue weighted by Gasteiger charge is 2.02. The van der Waals surface area contributed by atoms with Gasteiger partial charge in [0, 0.05) is 17.3 Å². The van der Waals surface area contributed by atoms with Gasteiger partial charge in [-0.15, -0.1) is 0 Å². The highest BCUT2D eigenvalue weighted by molar-refractivity contribution is 6.30. The Morgan fingerprint density at radius 3 is 2.24 bits per heavy atom. The van der Waals surface area contributed by atoms with Crippen molar-refractivity contribution in [3.63, 3.8) is 0 Å². The quantitative estimate of drug-likeness (QED) is 0.768. The molecule has 0 saturated heterocycles. The summed E-state index contributed by atoms with van der Waals surface area (Å²) in [6.45, 7) is 0.862. The minimum Gasteiger partial charge on any atom is -0.392 e. The first-order valence-electron chi connectivity index (χ1n) is 6.62. The maximum Gasteiger partial charge on any atom is 0.238 e. The molecule has 1 amide bonds. The van der Waals surface area contributed by atoms with Gasteiger partial charge in [0.05, 0.1) is 13.2 Å². The number of anilines is 1. The minimum atomic E-state index is -0.107. The van der Waals surface area contributed by atoms with Crippen LogP contribution in [0.4, 0.5) is 5.69 Å². The Labute approximate surface area is 128 Å². The predicted octanol–water partition coefficient (Wildman–Crippen LogP) is 2.56. The SMILES string of the molecule is O=C(CNCc1ccc(CO)cc1)Nc1ccc(Cl)cc1. The van der Waals surface area contributed by atoms with Crippen LogP contribution >= 0.6 is 11.6 Å². The van der Waals surface area contributed by atoms with Gasteiger partial charge in [-0.2, -0.15) is 0 Å². The largest absolute Gasteiger partial charge is 0.392 e. The number of nitrogens with one attached hydrogen (secondary N) is 2. The molecule has 2 aromatic rings. The zero-order valence-corrected chi connectivity index (χ0v) is 12.2. The molecule has 0 fully saturated rings. The highest BCUT2D eigenvalue weighted by Crippen LogP contribution is 2.13. The van der Waals surface area contributed by atoms with E-state index in [0.29, 0.717) is 11.6 Å². The number of benzene rings is 2. The number of aliphatic hydroxyl groups is 1. The number of amides is 1. The molecule has 0 aliphatic rings. The van der Waals surface area contributed by atoms with Gasteiger partial charge in [0.2, 0.25) is 5.91 Å². The summed E-state index contributed by atoms with van der Waals surface area (Å²) in [7, 11) is 0. The molecule has 0 atom stereocenters. The first kappa shape index (κ1) is 15.5. The highest BCUT2D eigenvalue weighted by atomic mass is 35.5. The fourth-order valence-electron chi connectivity index (χ4n) is 1.82. The molecule has 21 heavy (non-hydrogen) atoms. The Bertz CT molecular complexity index is 582. The smallest absolute Gasteiger partial charge is 0.238 e. The van der Waals surface area contributed by atoms with Crippen molar-refractivity contribution in [3.05, 3.63) is 64.7 Å². The number of rotatable bonds is 6. The molecule has 0 aromatic heterocycles. The Morgan fingerprint density at radius 1 is 1.00 bits per heavy atom. The molecule has 4 nitrogen and oxygen atoms in total. The number of hydrogen-bond acceptors (Lipinski definition) is 3. The molecule has 2 rings (SSSR count). The minimum absolute atomic E-state index is 0.0389. The Kier molecular flexibility index (Phi) is 5.75. The van der Waals surface area contributed by atoms with E-state index in [1.54, 1.807) is 24.3 Å². The van der Waals surface area contributed by atoms with Gasteiger partial charge < -0.3 is 15.7 Å². The normalized spacial score (nSPS) is 10.4. The molecule has 0 aliphatic heterocycles. The van der Waals surface area contributed by atoms with E-state index in [0.717, 1.165) is 16.8 Å². The lowest BCUT2D eigenvalue weighted by Crippen LogP contribution is -2.27. The lowest BCUT2D eigenvalue weighted by Gasteiger charge is -2.07. The first-order chi connectivity index (χ1) is 10.2. The number of hydrogen-bond donors (Lipinski definition) is 3. The third kappa shape index (κ3) is 5.19. The van der Waals surface area contributed by atoms with Crippen LogP contribution in [0.1, 0.15) is 11.1 Å². The molecule has 0 bridgehead atoms. The fraction of sp³-hybridized carbons (Fsp3) is 0.188. The predicted molar refractivity (Wildman–Crippen MR) is 84.2 cm³/mol. The summed E-state index contributed by atoms with van der Waals surface area (Å²) < 4.78 is 0. The van der Waals surface area contributed by atoms with Crippen LogP contribution in [0.2, 0.25) is 5.02 Å². The van der Waals surface area contributed by atoms with E-state index in [-0.39, 0.29) is 19.1 Å². The van der Waals surface area contributed by atoms with Crippen molar-refractivity contribution in [2.75, 3.05) is 11.9 Å². The van der Waals surface area contributed by atoms with Crippen LogP contribution in [-0.2, 0) is 17.9 Å². The average Bonchev–Trinajstić information content (AvgIpc) is 2.50. The van der Waals surface area contributed by atoms with Crippen molar-refractivity contribution in [2.45, 2.75) is 13.2 Å². The van der Waals surface area contributed by atoms with E-state index in [9.17, 15) is 4.79 Å². The van der Waals surface area contributed by atoms with Crippen LogP contribution < -0.4 is 10.6 Å². The van der Waals surface area contributed by atoms with E-state index < -0.39 is 0 Å². The zero-order valence-electron chi connectivity index (χ0n) is 11.5. The second kappa shape index (κ2) is 7.78. The van der Waals surface area contributed by atoms with Gasteiger partial charge in [-0.25, -0.2) is 0 Å². The maximum atomic E-state index is 11.7. The summed E-state index contributed by atoms with van der Waals surface area (Å²) in [6, 6.07) is 14.6. The molecule has 2 aromatic carbocycles. The summed E-state index contributed by atoms with van der Waals surface area (Å²) in [5, 5.41) is 15.4. The Balaban J connectivity index is 1.74. The maximum absolute atomic E-state index is 11.7. The summed E-state index contributed by atoms with van der Waals surface area (Å²) in [5.41, 5.74) is 2.66. The molecule has 0 radical (unpaired) electrons. The van der Waals surface area contributed by atoms with E-state index in [2.05, 4.69) is 10.6 Å². The second-order valence-corrected chi connectivity index (χ2v) is 5.07. The molecule has 0 aliphatic carbocycles. The summed E-state index contributed by atoms with van der Waals surface area (Å²) in [6.07, 6.45) is 0. The van der Waals surface area contributed by atoms with E-state index in [4.69, 9.17) is 16.7 Å². The molecule has 0 saturated carbocycles. The number of carbonyl (C=O) groups is 1. The van der Waals surface area contributed by atoms with E-state index in [1.165, 1.54) is 0 Å². The Hall–Kier alpha value is -1.88. The molecule has 110 valence electrons. The standard InChI is InChI=1S/C16H17ClN2O2/c17-14-5-7-15(8-6-14)19-16(21)10-18-9-12-1-3-13(11-20)4-2-12/h1-8,18,20H,9-11H2,(H,19,21). The van der Waals surface area contributed by atoms with E-state index >= 15 is 0 Å². The monoisotopic (exact) mass is 304 g/mol. The van der Waals surface area contributed by atoms with Crippen molar-refractivity contribution in [3.8, 4) is 0 Å². The van der Waals surface area contributed by atoms with Gasteiger partial charge in [-0.3, -0.25) is 4.79 Å². The molecular formula is C16H17ClN2O2. The number of carbonyl (C=O) groups excluding carboxylic acids is 1. The summed E-state index contributed by atoms with van der Waals surface area (Å²) >= 11 is 5.78. The van der Waals surface area contributed by atoms with Gasteiger partial charge >= 0.3 is 0 Å². The second-order valence-electron chi connectivity index (χ2n) is 4.63. The molecular weight excluding hydrogens is 288 g/mol. The molecule has 0 heterocycles. The van der Waals surface area contributed by atoms with Crippen LogP contribution in [0, 0.1) is 0 Å². The first-order valence-corrected chi connectivity index (χ1v) is 7.00. The summed E-state index contributed by atoms with van der Waals surface area (Å²) in [4.78, 5) is 11.7. The van der Waals surface area contributed by atoms with Crippen molar-refractivity contribution in [1.29, 1.82) is 0 Å². The lowest BCUT2D eigenvalue weighted by atomic mass is 10.1. The number of aliphatic hydroxyl groups excluding tert-OH is 1. The van der Waals surface area contributed by atoms with Crippen LogP contribution in [-0.4, -0.2) is 17.6 Å². The van der Waals surface area contributed by atoms with Crippen molar-refractivity contribution in [2.24, 2.45) is 0 Å². The van der Waals surface area contributed by atoms with Crippen molar-refractivity contribution >= 4 is 23.2 Å². The van der Waals surface area contributed by atoms with Gasteiger partial charge in [-0.1, -0.05) is 35.9 Å². The van der Waals surface area contributed by atoms with Crippen LogP contribution in [0.15, 0.2) is 48.5 Å². The third-order valence-corrected chi connectivity index (χ3v) is 3.20. The molecule has 0 unspecified atom stereocenters. The van der Waals surface area contributed by atoms with Crippen LogP contribution in [0.3, 0.4) is 0 Å². The molecule has 5 heteroatoms. The average molecular weight is 305 g/mol. The molecule has 0 spiro atoms. The van der Waals surface area contributed by atoms with Crippen LogP contribution in [0.5, 0.6) is 0 Å². The van der Waals surface area contributed by atoms with Gasteiger partial charge in [0.15, 0.2) is 0 Å². The molecule has 3 N–H and O–H groups in total. The Morgan fingerprint density at radius 2 is 1.62 bits per heavy atom. The van der Waals surface area contributed by atoms with Crippen molar-refractivity contribution in [1.82, 2.24) is 5.32 Å². The van der Waals surface area contributed by atoms with Crippen molar-refractivity contribution < 1.29 is 9.90 Å². The van der Waals surface area contributed by atoms with Gasteiger partial charge in [0.1, 0.15) is 0 Å². The topological polar surface area (TPSA) is 61.4 Å². The zero-order chi connectivity index (χ0) is 15.1. The number of halogens is 1. The van der Waals surface area contributed by atoms with E-state index in [1.807, 2.05) is 24.3 Å².